The average Bonchev–Trinajstić information content (AvgIpc) is 2.14. The largest absolute Gasteiger partial charge is 0.478 e. The molecular formula is C8H7F7O4. The maximum Gasteiger partial charge on any atom is 0.460 e. The highest BCUT2D eigenvalue weighted by Crippen LogP contribution is 2.47. The Balaban J connectivity index is 5.35. The van der Waals surface area contributed by atoms with Crippen molar-refractivity contribution in [1.82, 2.24) is 0 Å². The topological polar surface area (TPSA) is 63.6 Å². The van der Waals surface area contributed by atoms with E-state index in [1.165, 1.54) is 0 Å². The number of carbonyl (C=O) groups excluding carboxylic acids is 1. The molecule has 0 amide bonds. The van der Waals surface area contributed by atoms with Crippen LogP contribution in [0.3, 0.4) is 0 Å². The summed E-state index contributed by atoms with van der Waals surface area (Å²) in [5.41, 5.74) is -2.69. The molecule has 0 aliphatic carbocycles. The molecule has 0 atom stereocenters. The first-order valence-corrected chi connectivity index (χ1v) is 4.36. The summed E-state index contributed by atoms with van der Waals surface area (Å²) in [6, 6.07) is 0. The van der Waals surface area contributed by atoms with Crippen LogP contribution in [0, 0.1) is 0 Å². The summed E-state index contributed by atoms with van der Waals surface area (Å²) in [4.78, 5) is 21.1. The van der Waals surface area contributed by atoms with Gasteiger partial charge in [-0.3, -0.25) is 0 Å². The second kappa shape index (κ2) is 4.53. The minimum absolute atomic E-state index is 0.523. The van der Waals surface area contributed by atoms with Crippen LogP contribution in [0.25, 0.3) is 0 Å². The van der Waals surface area contributed by atoms with Gasteiger partial charge in [0.2, 0.25) is 5.60 Å². The Morgan fingerprint density at radius 1 is 0.947 bits per heavy atom. The van der Waals surface area contributed by atoms with Crippen molar-refractivity contribution >= 4 is 11.9 Å². The van der Waals surface area contributed by atoms with Crippen molar-refractivity contribution in [2.45, 2.75) is 37.5 Å². The van der Waals surface area contributed by atoms with E-state index in [2.05, 4.69) is 4.74 Å². The Hall–Kier alpha value is -1.55. The molecule has 11 heteroatoms. The zero-order chi connectivity index (χ0) is 15.9. The van der Waals surface area contributed by atoms with E-state index in [0.29, 0.717) is 13.8 Å². The Morgan fingerprint density at radius 3 is 1.58 bits per heavy atom. The molecule has 0 saturated heterocycles. The quantitative estimate of drug-likeness (QED) is 0.639. The van der Waals surface area contributed by atoms with Crippen LogP contribution in [0.1, 0.15) is 13.8 Å². The molecule has 112 valence electrons. The van der Waals surface area contributed by atoms with Gasteiger partial charge in [-0.15, -0.1) is 0 Å². The van der Waals surface area contributed by atoms with Crippen molar-refractivity contribution in [3.8, 4) is 0 Å². The Morgan fingerprint density at radius 2 is 1.32 bits per heavy atom. The Kier molecular flexibility index (Phi) is 4.16. The van der Waals surface area contributed by atoms with Gasteiger partial charge in [0.15, 0.2) is 0 Å². The molecule has 4 nitrogen and oxygen atoms in total. The normalized spacial score (nSPS) is 14.2. The van der Waals surface area contributed by atoms with Crippen LogP contribution in [0.5, 0.6) is 0 Å². The number of ether oxygens (including phenoxy) is 1. The lowest BCUT2D eigenvalue weighted by Crippen LogP contribution is -2.58. The van der Waals surface area contributed by atoms with Gasteiger partial charge in [0.05, 0.1) is 0 Å². The highest BCUT2D eigenvalue weighted by Gasteiger charge is 2.77. The van der Waals surface area contributed by atoms with Crippen LogP contribution in [-0.2, 0) is 14.3 Å². The third-order valence-electron chi connectivity index (χ3n) is 1.87. The van der Waals surface area contributed by atoms with Gasteiger partial charge in [-0.1, -0.05) is 0 Å². The Bertz CT molecular complexity index is 385. The van der Waals surface area contributed by atoms with Gasteiger partial charge >= 0.3 is 30.0 Å². The molecule has 0 aliphatic rings. The molecule has 0 heterocycles. The van der Waals surface area contributed by atoms with E-state index in [-0.39, 0.29) is 0 Å². The fourth-order valence-electron chi connectivity index (χ4n) is 0.646. The molecule has 0 aromatic heterocycles. The summed E-state index contributed by atoms with van der Waals surface area (Å²) in [5.74, 6) is -18.2. The monoisotopic (exact) mass is 300 g/mol. The van der Waals surface area contributed by atoms with E-state index in [9.17, 15) is 40.3 Å². The lowest BCUT2D eigenvalue weighted by Gasteiger charge is -2.29. The zero-order valence-electron chi connectivity index (χ0n) is 9.32. The number of carbonyl (C=O) groups is 2. The summed E-state index contributed by atoms with van der Waals surface area (Å²) < 4.78 is 89.0. The average molecular weight is 300 g/mol. The van der Waals surface area contributed by atoms with E-state index >= 15 is 0 Å². The van der Waals surface area contributed by atoms with Crippen LogP contribution in [0.4, 0.5) is 30.7 Å². The molecule has 0 rings (SSSR count). The molecular weight excluding hydrogens is 293 g/mol. The summed E-state index contributed by atoms with van der Waals surface area (Å²) in [6.07, 6.45) is -6.71. The number of hydrogen-bond donors (Lipinski definition) is 1. The number of esters is 1. The van der Waals surface area contributed by atoms with Crippen LogP contribution >= 0.6 is 0 Å². The van der Waals surface area contributed by atoms with Crippen LogP contribution in [0.2, 0.25) is 0 Å². The second-order valence-electron chi connectivity index (χ2n) is 3.85. The highest BCUT2D eigenvalue weighted by molar-refractivity contribution is 5.85. The van der Waals surface area contributed by atoms with Gasteiger partial charge in [-0.05, 0) is 13.8 Å². The smallest absolute Gasteiger partial charge is 0.460 e. The van der Waals surface area contributed by atoms with Gasteiger partial charge in [0, 0.05) is 0 Å². The first-order chi connectivity index (χ1) is 8.07. The molecule has 0 aliphatic heterocycles. The van der Waals surface area contributed by atoms with Gasteiger partial charge in [-0.2, -0.15) is 30.7 Å². The zero-order valence-corrected chi connectivity index (χ0v) is 9.32. The van der Waals surface area contributed by atoms with E-state index in [1.54, 1.807) is 0 Å². The SMILES string of the molecule is CC(C)(OC(=O)C(F)(F)C(F)(F)C(F)(F)F)C(=O)O. The number of carboxylic acids is 1. The van der Waals surface area contributed by atoms with Gasteiger partial charge in [0.25, 0.3) is 0 Å². The third-order valence-corrected chi connectivity index (χ3v) is 1.87. The maximum atomic E-state index is 12.7. The fraction of sp³-hybridized carbons (Fsp3) is 0.750. The maximum absolute atomic E-state index is 12.7. The van der Waals surface area contributed by atoms with Crippen molar-refractivity contribution in [2.75, 3.05) is 0 Å². The molecule has 0 unspecified atom stereocenters. The lowest BCUT2D eigenvalue weighted by molar-refractivity contribution is -0.349. The van der Waals surface area contributed by atoms with Crippen molar-refractivity contribution in [1.29, 1.82) is 0 Å². The molecule has 0 radical (unpaired) electrons. The number of rotatable bonds is 4. The van der Waals surface area contributed by atoms with Gasteiger partial charge in [-0.25, -0.2) is 9.59 Å². The van der Waals surface area contributed by atoms with Crippen molar-refractivity contribution in [3.63, 3.8) is 0 Å². The molecule has 0 saturated carbocycles. The molecule has 0 aromatic carbocycles. The molecule has 0 spiro atoms. The van der Waals surface area contributed by atoms with Crippen LogP contribution in [-0.4, -0.2) is 40.7 Å². The number of carboxylic acid groups (broad SMARTS) is 1. The molecule has 0 bridgehead atoms. The predicted octanol–water partition coefficient (Wildman–Crippen LogP) is 2.23. The van der Waals surface area contributed by atoms with E-state index in [1.807, 2.05) is 0 Å². The minimum Gasteiger partial charge on any atom is -0.478 e. The number of hydrogen-bond acceptors (Lipinski definition) is 3. The lowest BCUT2D eigenvalue weighted by atomic mass is 10.1. The summed E-state index contributed by atoms with van der Waals surface area (Å²) >= 11 is 0. The second-order valence-corrected chi connectivity index (χ2v) is 3.85. The van der Waals surface area contributed by atoms with Crippen LogP contribution < -0.4 is 0 Å². The summed E-state index contributed by atoms with van der Waals surface area (Å²) in [7, 11) is 0. The number of halogens is 7. The minimum atomic E-state index is -6.71. The molecule has 0 fully saturated rings. The van der Waals surface area contributed by atoms with Crippen LogP contribution in [0.15, 0.2) is 0 Å². The van der Waals surface area contributed by atoms with E-state index in [0.717, 1.165) is 0 Å². The van der Waals surface area contributed by atoms with E-state index < -0.39 is 35.6 Å². The summed E-state index contributed by atoms with van der Waals surface area (Å²) in [5, 5.41) is 8.39. The van der Waals surface area contributed by atoms with E-state index in [4.69, 9.17) is 5.11 Å². The van der Waals surface area contributed by atoms with Gasteiger partial charge < -0.3 is 9.84 Å². The molecule has 19 heavy (non-hydrogen) atoms. The van der Waals surface area contributed by atoms with Crippen molar-refractivity contribution in [3.05, 3.63) is 0 Å². The number of alkyl halides is 7. The van der Waals surface area contributed by atoms with Crippen molar-refractivity contribution in [2.24, 2.45) is 0 Å². The summed E-state index contributed by atoms with van der Waals surface area (Å²) in [6.45, 7) is 1.05. The molecule has 1 N–H and O–H groups in total. The van der Waals surface area contributed by atoms with Crippen molar-refractivity contribution < 1.29 is 50.2 Å². The predicted molar refractivity (Wildman–Crippen MR) is 43.8 cm³/mol. The molecule has 0 aromatic rings. The first-order valence-electron chi connectivity index (χ1n) is 4.36. The standard InChI is InChI=1S/C8H7F7O4/c1-5(2,3(16)17)19-4(18)6(9,10)7(11,12)8(13,14)15/h1-2H3,(H,16,17). The Labute approximate surface area is 101 Å². The fourth-order valence-corrected chi connectivity index (χ4v) is 0.646. The highest BCUT2D eigenvalue weighted by atomic mass is 19.4. The van der Waals surface area contributed by atoms with Gasteiger partial charge in [0.1, 0.15) is 0 Å². The first kappa shape index (κ1) is 17.4. The number of aliphatic carboxylic acids is 1. The third kappa shape index (κ3) is 3.07.